The molecule has 16 heavy (non-hydrogen) atoms. The maximum atomic E-state index is 5.94. The van der Waals surface area contributed by atoms with Crippen LogP contribution in [-0.2, 0) is 0 Å². The van der Waals surface area contributed by atoms with Crippen LogP contribution < -0.4 is 0 Å². The third-order valence-electron chi connectivity index (χ3n) is 2.07. The number of rotatable bonds is 2. The van der Waals surface area contributed by atoms with Crippen molar-refractivity contribution in [3.8, 4) is 11.6 Å². The Hall–Kier alpha value is -1.55. The van der Waals surface area contributed by atoms with E-state index in [0.717, 1.165) is 5.69 Å². The first-order valence-electron chi connectivity index (χ1n) is 4.98. The fourth-order valence-electron chi connectivity index (χ4n) is 1.25. The van der Waals surface area contributed by atoms with E-state index < -0.39 is 0 Å². The quantitative estimate of drug-likeness (QED) is 0.750. The first-order valence-corrected chi connectivity index (χ1v) is 5.36. The van der Waals surface area contributed by atoms with Gasteiger partial charge in [-0.1, -0.05) is 25.4 Å². The lowest BCUT2D eigenvalue weighted by Crippen LogP contribution is -2.00. The molecule has 4 nitrogen and oxygen atoms in total. The molecule has 0 aliphatic heterocycles. The van der Waals surface area contributed by atoms with Crippen LogP contribution in [0.1, 0.15) is 25.5 Å². The Morgan fingerprint density at radius 1 is 1.06 bits per heavy atom. The van der Waals surface area contributed by atoms with E-state index in [0.29, 0.717) is 22.7 Å². The molecule has 2 rings (SSSR count). The molecule has 0 N–H and O–H groups in total. The number of nitrogens with zero attached hydrogens (tertiary/aromatic N) is 4. The van der Waals surface area contributed by atoms with E-state index in [1.165, 1.54) is 0 Å². The molecule has 2 aromatic heterocycles. The van der Waals surface area contributed by atoms with Gasteiger partial charge in [-0.2, -0.15) is 0 Å². The van der Waals surface area contributed by atoms with Crippen LogP contribution in [0, 0.1) is 0 Å². The molecule has 0 radical (unpaired) electrons. The Labute approximate surface area is 98.8 Å². The Balaban J connectivity index is 2.50. The Bertz CT molecular complexity index is 485. The lowest BCUT2D eigenvalue weighted by Gasteiger charge is -2.06. The summed E-state index contributed by atoms with van der Waals surface area (Å²) in [6, 6.07) is 3.51. The predicted octanol–water partition coefficient (Wildman–Crippen LogP) is 2.71. The molecule has 0 spiro atoms. The first-order chi connectivity index (χ1) is 7.66. The summed E-state index contributed by atoms with van der Waals surface area (Å²) in [5, 5.41) is 0.418. The second-order valence-corrected chi connectivity index (χ2v) is 4.05. The highest BCUT2D eigenvalue weighted by Crippen LogP contribution is 2.19. The molecule has 0 atom stereocenters. The van der Waals surface area contributed by atoms with Crippen LogP contribution in [0.2, 0.25) is 5.15 Å². The lowest BCUT2D eigenvalue weighted by atomic mass is 10.1. The third-order valence-corrected chi connectivity index (χ3v) is 2.27. The zero-order valence-corrected chi connectivity index (χ0v) is 9.81. The van der Waals surface area contributed by atoms with Crippen LogP contribution in [0.5, 0.6) is 0 Å². The average molecular weight is 235 g/mol. The summed E-state index contributed by atoms with van der Waals surface area (Å²) in [4.78, 5) is 16.7. The van der Waals surface area contributed by atoms with Crippen molar-refractivity contribution in [2.75, 3.05) is 0 Å². The van der Waals surface area contributed by atoms with Gasteiger partial charge in [-0.25, -0.2) is 19.9 Å². The van der Waals surface area contributed by atoms with Crippen molar-refractivity contribution >= 4 is 11.6 Å². The van der Waals surface area contributed by atoms with Crippen molar-refractivity contribution < 1.29 is 0 Å². The Kier molecular flexibility index (Phi) is 3.10. The molecule has 0 aliphatic carbocycles. The normalized spacial score (nSPS) is 10.8. The van der Waals surface area contributed by atoms with E-state index in [1.807, 2.05) is 13.8 Å². The molecule has 0 unspecified atom stereocenters. The zero-order valence-electron chi connectivity index (χ0n) is 9.05. The minimum Gasteiger partial charge on any atom is -0.234 e. The summed E-state index contributed by atoms with van der Waals surface area (Å²) in [7, 11) is 0. The number of halogens is 1. The predicted molar refractivity (Wildman–Crippen MR) is 62.2 cm³/mol. The minimum atomic E-state index is 0.294. The molecule has 0 saturated heterocycles. The van der Waals surface area contributed by atoms with Gasteiger partial charge < -0.3 is 0 Å². The highest BCUT2D eigenvalue weighted by Gasteiger charge is 2.09. The van der Waals surface area contributed by atoms with Gasteiger partial charge in [0.25, 0.3) is 0 Å². The number of hydrogen-bond donors (Lipinski definition) is 0. The van der Waals surface area contributed by atoms with Crippen molar-refractivity contribution in [3.63, 3.8) is 0 Å². The fraction of sp³-hybridized carbons (Fsp3) is 0.273. The molecule has 0 bridgehead atoms. The molecule has 0 aromatic carbocycles. The number of aromatic nitrogens is 4. The highest BCUT2D eigenvalue weighted by molar-refractivity contribution is 6.29. The molecule has 2 aromatic rings. The van der Waals surface area contributed by atoms with E-state index >= 15 is 0 Å². The molecule has 82 valence electrons. The van der Waals surface area contributed by atoms with Gasteiger partial charge in [-0.3, -0.25) is 0 Å². The molecule has 0 fully saturated rings. The largest absolute Gasteiger partial charge is 0.234 e. The molecular weight excluding hydrogens is 224 g/mol. The van der Waals surface area contributed by atoms with Gasteiger partial charge >= 0.3 is 0 Å². The SMILES string of the molecule is CC(C)c1cc(Cl)nc(-c2ncccn2)n1. The van der Waals surface area contributed by atoms with Crippen LogP contribution in [-0.4, -0.2) is 19.9 Å². The second kappa shape index (κ2) is 4.53. The van der Waals surface area contributed by atoms with Crippen LogP contribution >= 0.6 is 11.6 Å². The average Bonchev–Trinajstić information content (AvgIpc) is 2.29. The highest BCUT2D eigenvalue weighted by atomic mass is 35.5. The van der Waals surface area contributed by atoms with E-state index in [-0.39, 0.29) is 0 Å². The maximum Gasteiger partial charge on any atom is 0.199 e. The number of hydrogen-bond acceptors (Lipinski definition) is 4. The molecule has 5 heteroatoms. The Morgan fingerprint density at radius 2 is 1.75 bits per heavy atom. The van der Waals surface area contributed by atoms with E-state index in [2.05, 4.69) is 19.9 Å². The molecule has 0 saturated carbocycles. The van der Waals surface area contributed by atoms with Crippen LogP contribution in [0.25, 0.3) is 11.6 Å². The second-order valence-electron chi connectivity index (χ2n) is 3.67. The fourth-order valence-corrected chi connectivity index (χ4v) is 1.44. The summed E-state index contributed by atoms with van der Waals surface area (Å²) < 4.78 is 0. The monoisotopic (exact) mass is 234 g/mol. The van der Waals surface area contributed by atoms with Crippen LogP contribution in [0.4, 0.5) is 0 Å². The smallest absolute Gasteiger partial charge is 0.199 e. The molecule has 0 amide bonds. The van der Waals surface area contributed by atoms with Gasteiger partial charge in [-0.05, 0) is 18.1 Å². The maximum absolute atomic E-state index is 5.94. The van der Waals surface area contributed by atoms with Gasteiger partial charge in [-0.15, -0.1) is 0 Å². The molecule has 0 aliphatic rings. The van der Waals surface area contributed by atoms with E-state index in [4.69, 9.17) is 11.6 Å². The summed E-state index contributed by atoms with van der Waals surface area (Å²) in [6.45, 7) is 4.10. The van der Waals surface area contributed by atoms with Crippen LogP contribution in [0.15, 0.2) is 24.5 Å². The Morgan fingerprint density at radius 3 is 2.38 bits per heavy atom. The van der Waals surface area contributed by atoms with Crippen molar-refractivity contribution in [3.05, 3.63) is 35.4 Å². The summed E-state index contributed by atoms with van der Waals surface area (Å²) >= 11 is 5.94. The first kappa shape index (κ1) is 11.0. The summed E-state index contributed by atoms with van der Waals surface area (Å²) in [5.41, 5.74) is 0.891. The van der Waals surface area contributed by atoms with Crippen molar-refractivity contribution in [2.45, 2.75) is 19.8 Å². The van der Waals surface area contributed by atoms with Crippen molar-refractivity contribution in [1.29, 1.82) is 0 Å². The molecular formula is C11H11ClN4. The van der Waals surface area contributed by atoms with E-state index in [9.17, 15) is 0 Å². The van der Waals surface area contributed by atoms with Gasteiger partial charge in [0.2, 0.25) is 0 Å². The van der Waals surface area contributed by atoms with Crippen molar-refractivity contribution in [2.24, 2.45) is 0 Å². The van der Waals surface area contributed by atoms with Gasteiger partial charge in [0.1, 0.15) is 5.15 Å². The van der Waals surface area contributed by atoms with Gasteiger partial charge in [0.05, 0.1) is 0 Å². The summed E-state index contributed by atoms with van der Waals surface area (Å²) in [5.74, 6) is 1.26. The van der Waals surface area contributed by atoms with Crippen LogP contribution in [0.3, 0.4) is 0 Å². The summed E-state index contributed by atoms with van der Waals surface area (Å²) in [6.07, 6.45) is 3.31. The van der Waals surface area contributed by atoms with Crippen molar-refractivity contribution in [1.82, 2.24) is 19.9 Å². The zero-order chi connectivity index (χ0) is 11.5. The topological polar surface area (TPSA) is 51.6 Å². The lowest BCUT2D eigenvalue weighted by molar-refractivity contribution is 0.814. The standard InChI is InChI=1S/C11H11ClN4/c1-7(2)8-6-9(12)16-11(15-8)10-13-4-3-5-14-10/h3-7H,1-2H3. The van der Waals surface area contributed by atoms with Gasteiger partial charge in [0, 0.05) is 18.1 Å². The van der Waals surface area contributed by atoms with Gasteiger partial charge in [0.15, 0.2) is 11.6 Å². The third kappa shape index (κ3) is 2.33. The molecule has 2 heterocycles. The van der Waals surface area contributed by atoms with E-state index in [1.54, 1.807) is 24.5 Å². The minimum absolute atomic E-state index is 0.294.